The van der Waals surface area contributed by atoms with Gasteiger partial charge in [0.25, 0.3) is 0 Å². The van der Waals surface area contributed by atoms with E-state index < -0.39 is 0 Å². The molecule has 2 aromatic carbocycles. The lowest BCUT2D eigenvalue weighted by Gasteiger charge is -2.37. The highest BCUT2D eigenvalue weighted by atomic mass is 14.6. The van der Waals surface area contributed by atoms with Gasteiger partial charge in [0.15, 0.2) is 0 Å². The summed E-state index contributed by atoms with van der Waals surface area (Å²) in [4.78, 5) is 0. The summed E-state index contributed by atoms with van der Waals surface area (Å²) in [6, 6.07) is 14.9. The first kappa shape index (κ1) is 26.5. The van der Waals surface area contributed by atoms with Gasteiger partial charge in [0, 0.05) is 11.3 Å². The lowest BCUT2D eigenvalue weighted by Crippen LogP contribution is -2.27. The molecule has 0 aromatic heterocycles. The summed E-state index contributed by atoms with van der Waals surface area (Å²) in [7, 11) is 0. The van der Waals surface area contributed by atoms with Crippen LogP contribution in [0.4, 0.5) is 0 Å². The monoisotopic (exact) mass is 494 g/mol. The highest BCUT2D eigenvalue weighted by molar-refractivity contribution is 5.81. The second-order valence-corrected chi connectivity index (χ2v) is 16.0. The first-order chi connectivity index (χ1) is 16.9. The molecular weight excluding hydrogens is 444 g/mol. The van der Waals surface area contributed by atoms with Crippen LogP contribution in [-0.2, 0) is 10.8 Å². The molecule has 0 saturated carbocycles. The topological polar surface area (TPSA) is 0 Å². The molecule has 0 amide bonds. The van der Waals surface area contributed by atoms with Crippen molar-refractivity contribution >= 4 is 0 Å². The van der Waals surface area contributed by atoms with Crippen molar-refractivity contribution in [1.29, 1.82) is 0 Å². The van der Waals surface area contributed by atoms with Crippen LogP contribution >= 0.6 is 0 Å². The van der Waals surface area contributed by atoms with E-state index in [1.807, 2.05) is 0 Å². The Morgan fingerprint density at radius 2 is 1.22 bits per heavy atom. The van der Waals surface area contributed by atoms with Crippen LogP contribution < -0.4 is 0 Å². The largest absolute Gasteiger partial charge is 0.0622 e. The zero-order valence-corrected chi connectivity index (χ0v) is 25.7. The molecule has 3 aliphatic rings. The molecule has 0 N–H and O–H groups in total. The number of allylic oxidation sites excluding steroid dienone is 4. The molecule has 0 aliphatic heterocycles. The van der Waals surface area contributed by atoms with Gasteiger partial charge < -0.3 is 0 Å². The molecule has 0 nitrogen and oxygen atoms in total. The van der Waals surface area contributed by atoms with Gasteiger partial charge in [-0.2, -0.15) is 0 Å². The maximum atomic E-state index is 2.64. The minimum absolute atomic E-state index is 0.115. The summed E-state index contributed by atoms with van der Waals surface area (Å²) in [5.74, 6) is 1.75. The van der Waals surface area contributed by atoms with Crippen molar-refractivity contribution in [1.82, 2.24) is 0 Å². The molecule has 5 rings (SSSR count). The van der Waals surface area contributed by atoms with E-state index in [9.17, 15) is 0 Å². The predicted molar refractivity (Wildman–Crippen MR) is 161 cm³/mol. The lowest BCUT2D eigenvalue weighted by molar-refractivity contribution is 0.282. The molecule has 0 radical (unpaired) electrons. The molecule has 2 atom stereocenters. The number of fused-ring (bicyclic) bond motifs is 3. The number of rotatable bonds is 2. The summed E-state index contributed by atoms with van der Waals surface area (Å²) < 4.78 is 0. The highest BCUT2D eigenvalue weighted by Gasteiger charge is 2.52. The predicted octanol–water partition coefficient (Wildman–Crippen LogP) is 10.7. The van der Waals surface area contributed by atoms with Crippen molar-refractivity contribution in [3.05, 3.63) is 81.4 Å². The molecule has 0 heterocycles. The van der Waals surface area contributed by atoms with Gasteiger partial charge in [-0.1, -0.05) is 137 Å². The van der Waals surface area contributed by atoms with Crippen LogP contribution in [0.15, 0.2) is 59.2 Å². The summed E-state index contributed by atoms with van der Waals surface area (Å²) in [6.07, 6.45) is 5.08. The van der Waals surface area contributed by atoms with E-state index in [0.717, 1.165) is 0 Å². The molecule has 0 spiro atoms. The van der Waals surface area contributed by atoms with Crippen LogP contribution in [-0.4, -0.2) is 0 Å². The maximum Gasteiger partial charge on any atom is 0.0196 e. The van der Waals surface area contributed by atoms with Gasteiger partial charge in [-0.3, -0.25) is 0 Å². The first-order valence-corrected chi connectivity index (χ1v) is 14.7. The number of hydrogen-bond acceptors (Lipinski definition) is 0. The van der Waals surface area contributed by atoms with Crippen molar-refractivity contribution in [2.24, 2.45) is 22.7 Å². The zero-order chi connectivity index (χ0) is 27.3. The molecule has 2 unspecified atom stereocenters. The molecule has 0 saturated heterocycles. The van der Waals surface area contributed by atoms with Gasteiger partial charge in [-0.05, 0) is 79.9 Å². The van der Waals surface area contributed by atoms with Crippen molar-refractivity contribution in [2.45, 2.75) is 113 Å². The normalized spacial score (nSPS) is 24.0. The standard InChI is InChI=1S/C37H50/c1-22(2)31-21-37(12,32-20-25(19-30(31)32)36(9,10)11)33-26-15-13-23(34(3,4)5)17-28(26)29-18-24(35(6,7)8)14-16-27(29)33/h13-18,20,22,31,33H,19,21H2,1-12H3. The average molecular weight is 495 g/mol. The Morgan fingerprint density at radius 3 is 1.62 bits per heavy atom. The highest BCUT2D eigenvalue weighted by Crippen LogP contribution is 2.65. The van der Waals surface area contributed by atoms with E-state index in [1.54, 1.807) is 27.8 Å². The van der Waals surface area contributed by atoms with Crippen LogP contribution in [0, 0.1) is 22.7 Å². The molecule has 37 heavy (non-hydrogen) atoms. The van der Waals surface area contributed by atoms with Crippen molar-refractivity contribution in [3.8, 4) is 11.1 Å². The van der Waals surface area contributed by atoms with Crippen LogP contribution in [0.2, 0.25) is 0 Å². The fourth-order valence-electron chi connectivity index (χ4n) is 7.43. The van der Waals surface area contributed by atoms with Gasteiger partial charge in [0.2, 0.25) is 0 Å². The van der Waals surface area contributed by atoms with E-state index in [0.29, 0.717) is 17.8 Å². The van der Waals surface area contributed by atoms with Crippen LogP contribution in [0.1, 0.15) is 124 Å². The SMILES string of the molecule is CC(C)C1CC(C)(C2c3ccc(C(C)(C)C)cc3-c3cc(C(C)(C)C)ccc32)C2=C1CC(C(C)(C)C)=C2. The van der Waals surface area contributed by atoms with Gasteiger partial charge in [0.05, 0.1) is 0 Å². The van der Waals surface area contributed by atoms with E-state index in [4.69, 9.17) is 0 Å². The Bertz CT molecular complexity index is 1240. The minimum atomic E-state index is 0.115. The molecule has 2 aromatic rings. The number of hydrogen-bond donors (Lipinski definition) is 0. The first-order valence-electron chi connectivity index (χ1n) is 14.7. The fraction of sp³-hybridized carbons (Fsp3) is 0.568. The van der Waals surface area contributed by atoms with Crippen molar-refractivity contribution < 1.29 is 0 Å². The summed E-state index contributed by atoms with van der Waals surface area (Å²) in [5, 5.41) is 0. The van der Waals surface area contributed by atoms with Gasteiger partial charge in [-0.25, -0.2) is 0 Å². The van der Waals surface area contributed by atoms with Crippen molar-refractivity contribution in [2.75, 3.05) is 0 Å². The van der Waals surface area contributed by atoms with E-state index in [-0.39, 0.29) is 21.7 Å². The summed E-state index contributed by atoms with van der Waals surface area (Å²) >= 11 is 0. The zero-order valence-electron chi connectivity index (χ0n) is 25.7. The summed E-state index contributed by atoms with van der Waals surface area (Å²) in [5.41, 5.74) is 14.6. The molecule has 198 valence electrons. The Balaban J connectivity index is 1.74. The van der Waals surface area contributed by atoms with Gasteiger partial charge in [0.1, 0.15) is 0 Å². The molecule has 0 bridgehead atoms. The van der Waals surface area contributed by atoms with Crippen molar-refractivity contribution in [3.63, 3.8) is 0 Å². The third-order valence-corrected chi connectivity index (χ3v) is 9.91. The Labute approximate surface area is 227 Å². The van der Waals surface area contributed by atoms with E-state index in [1.165, 1.54) is 35.1 Å². The van der Waals surface area contributed by atoms with E-state index in [2.05, 4.69) is 126 Å². The van der Waals surface area contributed by atoms with E-state index >= 15 is 0 Å². The third kappa shape index (κ3) is 4.18. The average Bonchev–Trinajstić information content (AvgIpc) is 3.42. The second kappa shape index (κ2) is 8.21. The smallest absolute Gasteiger partial charge is 0.0196 e. The van der Waals surface area contributed by atoms with Crippen LogP contribution in [0.5, 0.6) is 0 Å². The minimum Gasteiger partial charge on any atom is -0.0622 e. The van der Waals surface area contributed by atoms with Gasteiger partial charge >= 0.3 is 0 Å². The quantitative estimate of drug-likeness (QED) is 0.389. The Kier molecular flexibility index (Phi) is 5.88. The Morgan fingerprint density at radius 1 is 0.730 bits per heavy atom. The third-order valence-electron chi connectivity index (χ3n) is 9.91. The van der Waals surface area contributed by atoms with Gasteiger partial charge in [-0.15, -0.1) is 0 Å². The summed E-state index contributed by atoms with van der Waals surface area (Å²) in [6.45, 7) is 28.7. The second-order valence-electron chi connectivity index (χ2n) is 16.0. The fourth-order valence-corrected chi connectivity index (χ4v) is 7.43. The lowest BCUT2D eigenvalue weighted by atomic mass is 9.66. The molecule has 0 fully saturated rings. The molecule has 0 heteroatoms. The van der Waals surface area contributed by atoms with Crippen LogP contribution in [0.3, 0.4) is 0 Å². The molecular formula is C37H50. The van der Waals surface area contributed by atoms with Crippen LogP contribution in [0.25, 0.3) is 11.1 Å². The maximum absolute atomic E-state index is 2.64. The Hall–Kier alpha value is -2.08. The molecule has 3 aliphatic carbocycles. The number of benzene rings is 2.